The lowest BCUT2D eigenvalue weighted by Crippen LogP contribution is -2.16. The van der Waals surface area contributed by atoms with E-state index in [0.717, 1.165) is 5.56 Å². The molecule has 1 heterocycles. The Morgan fingerprint density at radius 3 is 2.38 bits per heavy atom. The highest BCUT2D eigenvalue weighted by Gasteiger charge is 2.22. The maximum absolute atomic E-state index is 14.3. The SMILES string of the molecule is COc1cc2c(CC(N)=O)c(C)n(C(=O)c3ccc(C)cc3)c2cc1F. The maximum atomic E-state index is 14.3. The number of primary amides is 1. The highest BCUT2D eigenvalue weighted by molar-refractivity contribution is 6.05. The molecule has 0 aliphatic carbocycles. The first-order valence-corrected chi connectivity index (χ1v) is 8.10. The minimum absolute atomic E-state index is 0.0446. The lowest BCUT2D eigenvalue weighted by atomic mass is 10.1. The maximum Gasteiger partial charge on any atom is 0.262 e. The van der Waals surface area contributed by atoms with Crippen LogP contribution in [0.3, 0.4) is 0 Å². The van der Waals surface area contributed by atoms with Gasteiger partial charge < -0.3 is 10.5 Å². The number of carbonyl (C=O) groups is 2. The van der Waals surface area contributed by atoms with E-state index in [4.69, 9.17) is 10.5 Å². The van der Waals surface area contributed by atoms with Gasteiger partial charge in [0.1, 0.15) is 0 Å². The number of nitrogens with zero attached hydrogens (tertiary/aromatic N) is 1. The van der Waals surface area contributed by atoms with Crippen LogP contribution in [0.1, 0.15) is 27.2 Å². The lowest BCUT2D eigenvalue weighted by Gasteiger charge is -2.08. The zero-order valence-corrected chi connectivity index (χ0v) is 14.8. The van der Waals surface area contributed by atoms with E-state index in [2.05, 4.69) is 0 Å². The van der Waals surface area contributed by atoms with Gasteiger partial charge >= 0.3 is 0 Å². The van der Waals surface area contributed by atoms with Gasteiger partial charge in [-0.25, -0.2) is 4.39 Å². The molecule has 2 aromatic carbocycles. The molecule has 0 unspecified atom stereocenters. The van der Waals surface area contributed by atoms with E-state index in [-0.39, 0.29) is 18.1 Å². The first kappa shape index (κ1) is 17.7. The van der Waals surface area contributed by atoms with Gasteiger partial charge in [0.05, 0.1) is 19.0 Å². The van der Waals surface area contributed by atoms with Gasteiger partial charge in [0.15, 0.2) is 11.6 Å². The fraction of sp³-hybridized carbons (Fsp3) is 0.200. The molecule has 0 fully saturated rings. The average molecular weight is 354 g/mol. The van der Waals surface area contributed by atoms with E-state index >= 15 is 0 Å². The van der Waals surface area contributed by atoms with E-state index in [0.29, 0.717) is 27.7 Å². The zero-order valence-electron chi connectivity index (χ0n) is 14.8. The Morgan fingerprint density at radius 1 is 1.15 bits per heavy atom. The van der Waals surface area contributed by atoms with Crippen molar-refractivity contribution in [3.8, 4) is 5.75 Å². The topological polar surface area (TPSA) is 74.3 Å². The van der Waals surface area contributed by atoms with E-state index in [1.165, 1.54) is 23.8 Å². The number of nitrogens with two attached hydrogens (primary N) is 1. The molecule has 3 rings (SSSR count). The molecule has 134 valence electrons. The second-order valence-electron chi connectivity index (χ2n) is 6.22. The largest absolute Gasteiger partial charge is 0.494 e. The predicted molar refractivity (Wildman–Crippen MR) is 97.0 cm³/mol. The Bertz CT molecular complexity index is 1020. The molecule has 0 aliphatic heterocycles. The second-order valence-corrected chi connectivity index (χ2v) is 6.22. The molecule has 6 heteroatoms. The fourth-order valence-electron chi connectivity index (χ4n) is 3.12. The summed E-state index contributed by atoms with van der Waals surface area (Å²) >= 11 is 0. The Hall–Kier alpha value is -3.15. The zero-order chi connectivity index (χ0) is 19.0. The summed E-state index contributed by atoms with van der Waals surface area (Å²) < 4.78 is 20.7. The summed E-state index contributed by atoms with van der Waals surface area (Å²) in [4.78, 5) is 24.5. The molecule has 0 aliphatic rings. The van der Waals surface area contributed by atoms with Crippen molar-refractivity contribution in [1.82, 2.24) is 4.57 Å². The van der Waals surface area contributed by atoms with Gasteiger partial charge in [0.2, 0.25) is 5.91 Å². The average Bonchev–Trinajstić information content (AvgIpc) is 2.85. The van der Waals surface area contributed by atoms with Gasteiger partial charge in [-0.3, -0.25) is 14.2 Å². The number of aromatic nitrogens is 1. The van der Waals surface area contributed by atoms with Crippen LogP contribution in [0.5, 0.6) is 5.75 Å². The van der Waals surface area contributed by atoms with Gasteiger partial charge in [-0.1, -0.05) is 17.7 Å². The lowest BCUT2D eigenvalue weighted by molar-refractivity contribution is -0.117. The molecule has 0 bridgehead atoms. The number of methoxy groups -OCH3 is 1. The number of hydrogen-bond acceptors (Lipinski definition) is 3. The molecule has 2 N–H and O–H groups in total. The number of benzene rings is 2. The van der Waals surface area contributed by atoms with Crippen molar-refractivity contribution in [2.24, 2.45) is 5.73 Å². The number of halogens is 1. The number of hydrogen-bond donors (Lipinski definition) is 1. The number of amides is 1. The van der Waals surface area contributed by atoms with Crippen molar-refractivity contribution in [3.05, 3.63) is 64.6 Å². The first-order valence-electron chi connectivity index (χ1n) is 8.10. The van der Waals surface area contributed by atoms with Crippen molar-refractivity contribution in [3.63, 3.8) is 0 Å². The Balaban J connectivity index is 2.28. The Labute approximate surface area is 150 Å². The van der Waals surface area contributed by atoms with Gasteiger partial charge in [-0.05, 0) is 37.6 Å². The highest BCUT2D eigenvalue weighted by atomic mass is 19.1. The van der Waals surface area contributed by atoms with Crippen LogP contribution in [0.2, 0.25) is 0 Å². The third kappa shape index (κ3) is 2.94. The summed E-state index contributed by atoms with van der Waals surface area (Å²) in [6.07, 6.45) is -0.0503. The molecule has 26 heavy (non-hydrogen) atoms. The fourth-order valence-corrected chi connectivity index (χ4v) is 3.12. The molecule has 1 aromatic heterocycles. The Kier molecular flexibility index (Phi) is 4.50. The van der Waals surface area contributed by atoms with Crippen LogP contribution in [0.25, 0.3) is 10.9 Å². The monoisotopic (exact) mass is 354 g/mol. The summed E-state index contributed by atoms with van der Waals surface area (Å²) in [5.41, 5.74) is 8.38. The molecule has 0 saturated heterocycles. The minimum atomic E-state index is -0.582. The predicted octanol–water partition coefficient (Wildman–Crippen LogP) is 3.12. The quantitative estimate of drug-likeness (QED) is 0.782. The molecule has 0 spiro atoms. The molecule has 0 radical (unpaired) electrons. The summed E-state index contributed by atoms with van der Waals surface area (Å²) in [5, 5.41) is 0.569. The summed E-state index contributed by atoms with van der Waals surface area (Å²) in [5.74, 6) is -1.37. The van der Waals surface area contributed by atoms with Gasteiger partial charge in [0, 0.05) is 22.7 Å². The third-order valence-corrected chi connectivity index (χ3v) is 4.46. The van der Waals surface area contributed by atoms with Crippen LogP contribution in [0.4, 0.5) is 4.39 Å². The third-order valence-electron chi connectivity index (χ3n) is 4.46. The first-order chi connectivity index (χ1) is 12.3. The molecule has 5 nitrogen and oxygen atoms in total. The van der Waals surface area contributed by atoms with Crippen LogP contribution in [0.15, 0.2) is 36.4 Å². The molecule has 0 atom stereocenters. The molecular weight excluding hydrogens is 335 g/mol. The van der Waals surface area contributed by atoms with Crippen LogP contribution < -0.4 is 10.5 Å². The Morgan fingerprint density at radius 2 is 1.81 bits per heavy atom. The van der Waals surface area contributed by atoms with E-state index in [1.807, 2.05) is 19.1 Å². The minimum Gasteiger partial charge on any atom is -0.494 e. The van der Waals surface area contributed by atoms with Crippen molar-refractivity contribution >= 4 is 22.7 Å². The van der Waals surface area contributed by atoms with Gasteiger partial charge in [-0.2, -0.15) is 0 Å². The molecular formula is C20H19FN2O3. The molecule has 1 amide bonds. The highest BCUT2D eigenvalue weighted by Crippen LogP contribution is 2.32. The van der Waals surface area contributed by atoms with Crippen LogP contribution >= 0.6 is 0 Å². The van der Waals surface area contributed by atoms with Crippen LogP contribution in [-0.2, 0) is 11.2 Å². The van der Waals surface area contributed by atoms with Crippen molar-refractivity contribution in [1.29, 1.82) is 0 Å². The van der Waals surface area contributed by atoms with Gasteiger partial charge in [-0.15, -0.1) is 0 Å². The number of aryl methyl sites for hydroxylation is 1. The molecule has 0 saturated carbocycles. The van der Waals surface area contributed by atoms with Crippen molar-refractivity contribution < 1.29 is 18.7 Å². The standard InChI is InChI=1S/C20H19FN2O3/c1-11-4-6-13(7-5-11)20(25)23-12(2)14(9-19(22)24)15-8-18(26-3)16(21)10-17(15)23/h4-8,10H,9H2,1-3H3,(H2,22,24). The smallest absolute Gasteiger partial charge is 0.262 e. The van der Waals surface area contributed by atoms with E-state index in [1.54, 1.807) is 19.1 Å². The molecule has 3 aromatic rings. The van der Waals surface area contributed by atoms with E-state index < -0.39 is 11.7 Å². The number of carbonyl (C=O) groups excluding carboxylic acids is 2. The number of rotatable bonds is 4. The van der Waals surface area contributed by atoms with Crippen LogP contribution in [-0.4, -0.2) is 23.5 Å². The number of ether oxygens (including phenoxy) is 1. The summed E-state index contributed by atoms with van der Waals surface area (Å²) in [6, 6.07) is 9.85. The normalized spacial score (nSPS) is 10.9. The van der Waals surface area contributed by atoms with Crippen molar-refractivity contribution in [2.45, 2.75) is 20.3 Å². The number of fused-ring (bicyclic) bond motifs is 1. The summed E-state index contributed by atoms with van der Waals surface area (Å²) in [6.45, 7) is 3.64. The van der Waals surface area contributed by atoms with Crippen molar-refractivity contribution in [2.75, 3.05) is 7.11 Å². The van der Waals surface area contributed by atoms with Crippen LogP contribution in [0, 0.1) is 19.7 Å². The summed E-state index contributed by atoms with van der Waals surface area (Å²) in [7, 11) is 1.36. The van der Waals surface area contributed by atoms with Gasteiger partial charge in [0.25, 0.3) is 5.91 Å². The second kappa shape index (κ2) is 6.63. The van der Waals surface area contributed by atoms with E-state index in [9.17, 15) is 14.0 Å².